The third kappa shape index (κ3) is 4.71. The Morgan fingerprint density at radius 1 is 1.14 bits per heavy atom. The smallest absolute Gasteiger partial charge is 0.247 e. The molecule has 0 bridgehead atoms. The molecule has 1 amide bonds. The maximum absolute atomic E-state index is 12.2. The minimum Gasteiger partial charge on any atom is -0.494 e. The van der Waals surface area contributed by atoms with Crippen LogP contribution in [0.3, 0.4) is 0 Å². The highest BCUT2D eigenvalue weighted by molar-refractivity contribution is 6.02. The van der Waals surface area contributed by atoms with Crippen LogP contribution in [-0.2, 0) is 11.8 Å². The second-order valence-corrected chi connectivity index (χ2v) is 8.46. The van der Waals surface area contributed by atoms with Crippen molar-refractivity contribution in [3.05, 3.63) is 61.6 Å². The van der Waals surface area contributed by atoms with E-state index in [1.165, 1.54) is 12.4 Å². The molecule has 0 saturated carbocycles. The SMILES string of the molecule is C=CC(=O)Nc1cc(Nc2cc(-c3ccc4c(cnn4C)c3)ncn2)c(OC)cc1N1CCNCC1. The number of aryl methyl sites for hydroxylation is 1. The van der Waals surface area contributed by atoms with Crippen LogP contribution in [0.15, 0.2) is 61.6 Å². The van der Waals surface area contributed by atoms with E-state index in [2.05, 4.69) is 48.6 Å². The van der Waals surface area contributed by atoms with Gasteiger partial charge in [0.2, 0.25) is 5.91 Å². The minimum absolute atomic E-state index is 0.280. The molecule has 0 unspecified atom stereocenters. The fourth-order valence-electron chi connectivity index (χ4n) is 4.33. The molecule has 1 aliphatic rings. The van der Waals surface area contributed by atoms with E-state index in [-0.39, 0.29) is 5.91 Å². The lowest BCUT2D eigenvalue weighted by Crippen LogP contribution is -2.43. The standard InChI is InChI=1S/C26H28N8O2/c1-4-26(35)32-20-12-21(24(36-3)14-23(20)34-9-7-27-8-10-34)31-25-13-19(28-16-29-25)17-5-6-22-18(11-17)15-30-33(22)2/h4-6,11-16,27H,1,7-10H2,2-3H3,(H,32,35)(H,28,29,31). The predicted octanol–water partition coefficient (Wildman–Crippen LogP) is 3.32. The van der Waals surface area contributed by atoms with Crippen LogP contribution in [0.2, 0.25) is 0 Å². The highest BCUT2D eigenvalue weighted by atomic mass is 16.5. The quantitative estimate of drug-likeness (QED) is 0.343. The van der Waals surface area contributed by atoms with E-state index in [0.717, 1.165) is 54.0 Å². The number of rotatable bonds is 7. The molecule has 2 aromatic carbocycles. The van der Waals surface area contributed by atoms with Gasteiger partial charge >= 0.3 is 0 Å². The number of benzene rings is 2. The number of aromatic nitrogens is 4. The molecule has 0 spiro atoms. The topological polar surface area (TPSA) is 109 Å². The van der Waals surface area contributed by atoms with Crippen molar-refractivity contribution < 1.29 is 9.53 Å². The molecule has 3 heterocycles. The Kier molecular flexibility index (Phi) is 6.50. The van der Waals surface area contributed by atoms with Gasteiger partial charge in [0.05, 0.1) is 41.6 Å². The summed E-state index contributed by atoms with van der Waals surface area (Å²) in [6.07, 6.45) is 4.62. The van der Waals surface area contributed by atoms with Gasteiger partial charge < -0.3 is 25.6 Å². The molecule has 3 N–H and O–H groups in total. The van der Waals surface area contributed by atoms with Gasteiger partial charge in [-0.15, -0.1) is 0 Å². The van der Waals surface area contributed by atoms with Crippen LogP contribution in [0.1, 0.15) is 0 Å². The second-order valence-electron chi connectivity index (χ2n) is 8.46. The summed E-state index contributed by atoms with van der Waals surface area (Å²) in [6.45, 7) is 6.96. The number of amides is 1. The average Bonchev–Trinajstić information content (AvgIpc) is 3.29. The molecular formula is C26H28N8O2. The Balaban J connectivity index is 1.49. The molecule has 1 fully saturated rings. The molecular weight excluding hydrogens is 456 g/mol. The largest absolute Gasteiger partial charge is 0.494 e. The molecule has 0 aliphatic carbocycles. The summed E-state index contributed by atoms with van der Waals surface area (Å²) in [7, 11) is 3.54. The first-order chi connectivity index (χ1) is 17.6. The normalized spacial score (nSPS) is 13.4. The van der Waals surface area contributed by atoms with Crippen molar-refractivity contribution in [1.29, 1.82) is 0 Å². The lowest BCUT2D eigenvalue weighted by molar-refractivity contribution is -0.111. The minimum atomic E-state index is -0.280. The number of hydrogen-bond acceptors (Lipinski definition) is 8. The molecule has 5 rings (SSSR count). The lowest BCUT2D eigenvalue weighted by atomic mass is 10.1. The summed E-state index contributed by atoms with van der Waals surface area (Å²) in [4.78, 5) is 23.3. The average molecular weight is 485 g/mol. The summed E-state index contributed by atoms with van der Waals surface area (Å²) in [6, 6.07) is 11.8. The molecule has 0 atom stereocenters. The highest BCUT2D eigenvalue weighted by Gasteiger charge is 2.19. The molecule has 4 aromatic rings. The third-order valence-corrected chi connectivity index (χ3v) is 6.19. The zero-order valence-corrected chi connectivity index (χ0v) is 20.3. The van der Waals surface area contributed by atoms with Gasteiger partial charge in [-0.05, 0) is 24.3 Å². The number of hydrogen-bond donors (Lipinski definition) is 3. The summed E-state index contributed by atoms with van der Waals surface area (Å²) < 4.78 is 7.55. The van der Waals surface area contributed by atoms with E-state index in [1.54, 1.807) is 7.11 Å². The van der Waals surface area contributed by atoms with E-state index < -0.39 is 0 Å². The van der Waals surface area contributed by atoms with E-state index in [1.807, 2.05) is 48.3 Å². The van der Waals surface area contributed by atoms with Crippen LogP contribution < -0.4 is 25.6 Å². The zero-order valence-electron chi connectivity index (χ0n) is 20.3. The molecule has 0 radical (unpaired) electrons. The number of fused-ring (bicyclic) bond motifs is 1. The summed E-state index contributed by atoms with van der Waals surface area (Å²) in [5.41, 5.74) is 5.01. The molecule has 1 saturated heterocycles. The molecule has 36 heavy (non-hydrogen) atoms. The van der Waals surface area contributed by atoms with Gasteiger partial charge in [-0.3, -0.25) is 9.48 Å². The van der Waals surface area contributed by atoms with Gasteiger partial charge in [-0.2, -0.15) is 5.10 Å². The zero-order chi connectivity index (χ0) is 25.1. The van der Waals surface area contributed by atoms with Crippen molar-refractivity contribution in [2.24, 2.45) is 7.05 Å². The monoisotopic (exact) mass is 484 g/mol. The van der Waals surface area contributed by atoms with Crippen molar-refractivity contribution in [2.75, 3.05) is 48.8 Å². The number of anilines is 4. The molecule has 10 nitrogen and oxygen atoms in total. The van der Waals surface area contributed by atoms with Gasteiger partial charge in [-0.25, -0.2) is 9.97 Å². The summed E-state index contributed by atoms with van der Waals surface area (Å²) in [5, 5.41) is 15.0. The highest BCUT2D eigenvalue weighted by Crippen LogP contribution is 2.38. The Bertz CT molecular complexity index is 1420. The number of nitrogens with one attached hydrogen (secondary N) is 3. The molecule has 184 valence electrons. The fourth-order valence-corrected chi connectivity index (χ4v) is 4.33. The molecule has 10 heteroatoms. The number of carbonyl (C=O) groups excluding carboxylic acids is 1. The van der Waals surface area contributed by atoms with Crippen molar-refractivity contribution in [1.82, 2.24) is 25.1 Å². The maximum atomic E-state index is 12.2. The first-order valence-electron chi connectivity index (χ1n) is 11.7. The van der Waals surface area contributed by atoms with Gasteiger partial charge in [0.25, 0.3) is 0 Å². The predicted molar refractivity (Wildman–Crippen MR) is 142 cm³/mol. The number of nitrogens with zero attached hydrogens (tertiary/aromatic N) is 5. The number of ether oxygens (including phenoxy) is 1. The van der Waals surface area contributed by atoms with Crippen molar-refractivity contribution in [3.63, 3.8) is 0 Å². The van der Waals surface area contributed by atoms with E-state index in [4.69, 9.17) is 4.74 Å². The van der Waals surface area contributed by atoms with Crippen molar-refractivity contribution in [2.45, 2.75) is 0 Å². The summed E-state index contributed by atoms with van der Waals surface area (Å²) >= 11 is 0. The number of carbonyl (C=O) groups is 1. The van der Waals surface area contributed by atoms with Gasteiger partial charge in [0, 0.05) is 56.3 Å². The first-order valence-corrected chi connectivity index (χ1v) is 11.7. The Morgan fingerprint density at radius 2 is 1.97 bits per heavy atom. The first kappa shape index (κ1) is 23.3. The van der Waals surface area contributed by atoms with Gasteiger partial charge in [0.1, 0.15) is 17.9 Å². The van der Waals surface area contributed by atoms with Crippen LogP contribution in [0.4, 0.5) is 22.9 Å². The third-order valence-electron chi connectivity index (χ3n) is 6.19. The van der Waals surface area contributed by atoms with Crippen LogP contribution in [-0.4, -0.2) is 58.9 Å². The van der Waals surface area contributed by atoms with Crippen molar-refractivity contribution >= 4 is 39.7 Å². The molecule has 1 aliphatic heterocycles. The molecule has 2 aromatic heterocycles. The fraction of sp³-hybridized carbons (Fsp3) is 0.231. The van der Waals surface area contributed by atoms with Crippen LogP contribution in [0, 0.1) is 0 Å². The Hall–Kier alpha value is -4.44. The van der Waals surface area contributed by atoms with Gasteiger partial charge in [0.15, 0.2) is 0 Å². The lowest BCUT2D eigenvalue weighted by Gasteiger charge is -2.31. The van der Waals surface area contributed by atoms with Crippen LogP contribution in [0.25, 0.3) is 22.2 Å². The van der Waals surface area contributed by atoms with E-state index in [0.29, 0.717) is 22.9 Å². The maximum Gasteiger partial charge on any atom is 0.247 e. The van der Waals surface area contributed by atoms with E-state index in [9.17, 15) is 4.79 Å². The van der Waals surface area contributed by atoms with Crippen LogP contribution >= 0.6 is 0 Å². The number of piperazine rings is 1. The van der Waals surface area contributed by atoms with Gasteiger partial charge in [-0.1, -0.05) is 12.6 Å². The Morgan fingerprint density at radius 3 is 2.75 bits per heavy atom. The van der Waals surface area contributed by atoms with Crippen molar-refractivity contribution in [3.8, 4) is 17.0 Å². The summed E-state index contributed by atoms with van der Waals surface area (Å²) in [5.74, 6) is 0.954. The Labute approximate surface area is 209 Å². The second kappa shape index (κ2) is 10.0. The number of methoxy groups -OCH3 is 1. The van der Waals surface area contributed by atoms with E-state index >= 15 is 0 Å². The van der Waals surface area contributed by atoms with Crippen LogP contribution in [0.5, 0.6) is 5.75 Å².